The van der Waals surface area contributed by atoms with Crippen molar-refractivity contribution in [1.29, 1.82) is 0 Å². The first-order valence-corrected chi connectivity index (χ1v) is 10.2. The Morgan fingerprint density at radius 2 is 1.84 bits per heavy atom. The smallest absolute Gasteiger partial charge is 0.311 e. The molecule has 1 N–H and O–H groups in total. The molecule has 1 saturated heterocycles. The molecule has 0 aliphatic carbocycles. The van der Waals surface area contributed by atoms with Crippen LogP contribution in [-0.4, -0.2) is 37.7 Å². The van der Waals surface area contributed by atoms with Crippen LogP contribution < -0.4 is 19.7 Å². The molecule has 4 rings (SSSR count). The number of amides is 2. The summed E-state index contributed by atoms with van der Waals surface area (Å²) in [6, 6.07) is 13.1. The Morgan fingerprint density at radius 3 is 2.61 bits per heavy atom. The van der Waals surface area contributed by atoms with E-state index < -0.39 is 17.8 Å². The summed E-state index contributed by atoms with van der Waals surface area (Å²) in [4.78, 5) is 38.4. The van der Waals surface area contributed by atoms with Gasteiger partial charge in [-0.05, 0) is 41.8 Å². The lowest BCUT2D eigenvalue weighted by atomic mass is 10.1. The third kappa shape index (κ3) is 4.79. The number of hydrogen-bond donors (Lipinski definition) is 1. The molecule has 0 spiro atoms. The van der Waals surface area contributed by atoms with E-state index in [0.29, 0.717) is 11.5 Å². The molecule has 2 amide bonds. The highest BCUT2D eigenvalue weighted by atomic mass is 16.7. The number of nitrogens with zero attached hydrogens (tertiary/aromatic N) is 1. The molecule has 2 aliphatic heterocycles. The van der Waals surface area contributed by atoms with E-state index in [-0.39, 0.29) is 38.8 Å². The molecule has 1 unspecified atom stereocenters. The summed E-state index contributed by atoms with van der Waals surface area (Å²) in [5.74, 6) is -0.358. The van der Waals surface area contributed by atoms with Gasteiger partial charge in [0.05, 0.1) is 5.92 Å². The molecule has 2 heterocycles. The predicted molar refractivity (Wildman–Crippen MR) is 112 cm³/mol. The number of carbonyl (C=O) groups is 3. The Hall–Kier alpha value is -3.55. The topological polar surface area (TPSA) is 94.2 Å². The maximum Gasteiger partial charge on any atom is 0.311 e. The van der Waals surface area contributed by atoms with Crippen LogP contribution in [0.25, 0.3) is 0 Å². The number of anilines is 1. The number of carbonyl (C=O) groups excluding carboxylic acids is 3. The van der Waals surface area contributed by atoms with Crippen molar-refractivity contribution in [3.8, 4) is 11.5 Å². The monoisotopic (exact) mass is 424 g/mol. The molecule has 0 bridgehead atoms. The molecule has 0 radical (unpaired) electrons. The highest BCUT2D eigenvalue weighted by Gasteiger charge is 2.36. The summed E-state index contributed by atoms with van der Waals surface area (Å²) in [6.45, 7) is 2.39. The highest BCUT2D eigenvalue weighted by molar-refractivity contribution is 5.99. The van der Waals surface area contributed by atoms with E-state index in [9.17, 15) is 14.4 Å². The largest absolute Gasteiger partial charge is 0.455 e. The normalized spacial score (nSPS) is 17.0. The van der Waals surface area contributed by atoms with Crippen molar-refractivity contribution in [1.82, 2.24) is 5.32 Å². The van der Waals surface area contributed by atoms with Crippen molar-refractivity contribution in [2.24, 2.45) is 5.92 Å². The average molecular weight is 424 g/mol. The van der Waals surface area contributed by atoms with Crippen molar-refractivity contribution in [2.45, 2.75) is 26.3 Å². The van der Waals surface area contributed by atoms with Gasteiger partial charge in [-0.1, -0.05) is 25.1 Å². The maximum atomic E-state index is 12.4. The minimum absolute atomic E-state index is 0.0766. The van der Waals surface area contributed by atoms with Gasteiger partial charge < -0.3 is 24.4 Å². The zero-order chi connectivity index (χ0) is 21.8. The molecule has 0 aromatic heterocycles. The number of ether oxygens (including phenoxy) is 3. The van der Waals surface area contributed by atoms with Gasteiger partial charge in [0.1, 0.15) is 0 Å². The molecule has 162 valence electrons. The number of aryl methyl sites for hydroxylation is 1. The van der Waals surface area contributed by atoms with E-state index in [1.807, 2.05) is 30.3 Å². The van der Waals surface area contributed by atoms with Crippen LogP contribution in [0.5, 0.6) is 11.5 Å². The number of nitrogens with one attached hydrogen (secondary N) is 1. The number of benzene rings is 2. The fourth-order valence-electron chi connectivity index (χ4n) is 3.58. The van der Waals surface area contributed by atoms with Gasteiger partial charge in [0.25, 0.3) is 5.91 Å². The van der Waals surface area contributed by atoms with Crippen LogP contribution in [0.15, 0.2) is 42.5 Å². The lowest BCUT2D eigenvalue weighted by Crippen LogP contribution is -2.31. The SMILES string of the molecule is CCc1ccc(N2CC(C(=O)OCC(=O)NCc3ccc4c(c3)OCO4)CC2=O)cc1. The van der Waals surface area contributed by atoms with Crippen LogP contribution in [0.1, 0.15) is 24.5 Å². The molecule has 0 saturated carbocycles. The second kappa shape index (κ2) is 9.07. The Labute approximate surface area is 180 Å². The Kier molecular flexibility index (Phi) is 6.06. The van der Waals surface area contributed by atoms with Crippen molar-refractivity contribution in [2.75, 3.05) is 24.8 Å². The average Bonchev–Trinajstić information content (AvgIpc) is 3.42. The van der Waals surface area contributed by atoms with Gasteiger partial charge in [0, 0.05) is 25.2 Å². The molecule has 1 fully saturated rings. The predicted octanol–water partition coefficient (Wildman–Crippen LogP) is 2.19. The standard InChI is InChI=1S/C23H24N2O6/c1-2-15-3-6-18(7-4-15)25-12-17(10-22(25)27)23(28)29-13-21(26)24-11-16-5-8-19-20(9-16)31-14-30-19/h3-9,17H,2,10-14H2,1H3,(H,24,26). The fraction of sp³-hybridized carbons (Fsp3) is 0.348. The van der Waals surface area contributed by atoms with Crippen LogP contribution in [-0.2, 0) is 32.1 Å². The third-order valence-electron chi connectivity index (χ3n) is 5.39. The van der Waals surface area contributed by atoms with Gasteiger partial charge >= 0.3 is 5.97 Å². The number of hydrogen-bond acceptors (Lipinski definition) is 6. The van der Waals surface area contributed by atoms with Crippen molar-refractivity contribution in [3.63, 3.8) is 0 Å². The zero-order valence-corrected chi connectivity index (χ0v) is 17.3. The summed E-state index contributed by atoms with van der Waals surface area (Å²) < 4.78 is 15.7. The molecule has 2 aliphatic rings. The van der Waals surface area contributed by atoms with Gasteiger partial charge in [-0.15, -0.1) is 0 Å². The van der Waals surface area contributed by atoms with Gasteiger partial charge in [-0.2, -0.15) is 0 Å². The zero-order valence-electron chi connectivity index (χ0n) is 17.3. The second-order valence-electron chi connectivity index (χ2n) is 7.50. The molecule has 8 heteroatoms. The minimum atomic E-state index is -0.583. The summed E-state index contributed by atoms with van der Waals surface area (Å²) in [7, 11) is 0. The third-order valence-corrected chi connectivity index (χ3v) is 5.39. The molecule has 8 nitrogen and oxygen atoms in total. The van der Waals surface area contributed by atoms with E-state index in [4.69, 9.17) is 14.2 Å². The van der Waals surface area contributed by atoms with Crippen LogP contribution in [0.3, 0.4) is 0 Å². The first-order chi connectivity index (χ1) is 15.0. The first-order valence-electron chi connectivity index (χ1n) is 10.2. The highest BCUT2D eigenvalue weighted by Crippen LogP contribution is 2.32. The Balaban J connectivity index is 1.23. The number of esters is 1. The van der Waals surface area contributed by atoms with E-state index in [0.717, 1.165) is 17.7 Å². The quantitative estimate of drug-likeness (QED) is 0.685. The van der Waals surface area contributed by atoms with E-state index in [1.54, 1.807) is 17.0 Å². The summed E-state index contributed by atoms with van der Waals surface area (Å²) in [6.07, 6.45) is 0.993. The van der Waals surface area contributed by atoms with Crippen LogP contribution in [0.2, 0.25) is 0 Å². The van der Waals surface area contributed by atoms with Crippen LogP contribution in [0, 0.1) is 5.92 Å². The Morgan fingerprint density at radius 1 is 1.10 bits per heavy atom. The van der Waals surface area contributed by atoms with Gasteiger partial charge in [-0.25, -0.2) is 0 Å². The van der Waals surface area contributed by atoms with E-state index >= 15 is 0 Å². The molecule has 2 aromatic rings. The van der Waals surface area contributed by atoms with E-state index in [1.165, 1.54) is 5.56 Å². The van der Waals surface area contributed by atoms with Gasteiger partial charge in [-0.3, -0.25) is 14.4 Å². The number of rotatable bonds is 7. The molecule has 31 heavy (non-hydrogen) atoms. The Bertz CT molecular complexity index is 988. The minimum Gasteiger partial charge on any atom is -0.455 e. The summed E-state index contributed by atoms with van der Waals surface area (Å²) in [5, 5.41) is 2.70. The summed E-state index contributed by atoms with van der Waals surface area (Å²) in [5.41, 5.74) is 2.78. The van der Waals surface area contributed by atoms with Gasteiger partial charge in [0.15, 0.2) is 18.1 Å². The molecular formula is C23H24N2O6. The first kappa shape index (κ1) is 20.7. The molecule has 1 atom stereocenters. The lowest BCUT2D eigenvalue weighted by Gasteiger charge is -2.17. The lowest BCUT2D eigenvalue weighted by molar-refractivity contribution is -0.152. The fourth-order valence-corrected chi connectivity index (χ4v) is 3.58. The molecular weight excluding hydrogens is 400 g/mol. The van der Waals surface area contributed by atoms with Gasteiger partial charge in [0.2, 0.25) is 12.7 Å². The second-order valence-corrected chi connectivity index (χ2v) is 7.50. The number of fused-ring (bicyclic) bond motifs is 1. The van der Waals surface area contributed by atoms with Crippen molar-refractivity contribution >= 4 is 23.5 Å². The van der Waals surface area contributed by atoms with Crippen LogP contribution in [0.4, 0.5) is 5.69 Å². The van der Waals surface area contributed by atoms with Crippen LogP contribution >= 0.6 is 0 Å². The van der Waals surface area contributed by atoms with Crippen molar-refractivity contribution < 1.29 is 28.6 Å². The van der Waals surface area contributed by atoms with E-state index in [2.05, 4.69) is 12.2 Å². The van der Waals surface area contributed by atoms with Crippen molar-refractivity contribution in [3.05, 3.63) is 53.6 Å². The summed E-state index contributed by atoms with van der Waals surface area (Å²) >= 11 is 0. The molecule has 2 aromatic carbocycles. The maximum absolute atomic E-state index is 12.4.